The summed E-state index contributed by atoms with van der Waals surface area (Å²) in [4.78, 5) is 27.5. The van der Waals surface area contributed by atoms with Crippen LogP contribution in [0.1, 0.15) is 64.5 Å². The van der Waals surface area contributed by atoms with E-state index in [1.54, 1.807) is 0 Å². The lowest BCUT2D eigenvalue weighted by atomic mass is 9.43. The zero-order valence-electron chi connectivity index (χ0n) is 24.5. The van der Waals surface area contributed by atoms with Gasteiger partial charge in [0.2, 0.25) is 11.8 Å². The van der Waals surface area contributed by atoms with Crippen LogP contribution >= 0.6 is 95.6 Å². The van der Waals surface area contributed by atoms with Crippen molar-refractivity contribution in [3.8, 4) is 0 Å². The fourth-order valence-electron chi connectivity index (χ4n) is 9.53. The number of hydrogen-bond acceptors (Lipinski definition) is 2. The molecule has 2 N–H and O–H groups in total. The third kappa shape index (κ3) is 4.04. The number of hydrogen-bond donors (Lipinski definition) is 2. The number of alkyl halides is 6. The number of halogens is 6. The predicted molar refractivity (Wildman–Crippen MR) is 197 cm³/mol. The molecule has 0 heterocycles. The van der Waals surface area contributed by atoms with Crippen molar-refractivity contribution >= 4 is 119 Å². The van der Waals surface area contributed by atoms with Crippen molar-refractivity contribution in [2.45, 2.75) is 76.9 Å². The molecule has 4 nitrogen and oxygen atoms in total. The minimum atomic E-state index is -0.433. The second-order valence-corrected chi connectivity index (χ2v) is 22.0. The van der Waals surface area contributed by atoms with Crippen LogP contribution < -0.4 is 10.6 Å². The molecule has 4 bridgehead atoms. The van der Waals surface area contributed by atoms with E-state index in [0.29, 0.717) is 0 Å². The first-order valence-electron chi connectivity index (χ1n) is 14.7. The van der Waals surface area contributed by atoms with Crippen molar-refractivity contribution in [1.82, 2.24) is 0 Å². The molecule has 6 aliphatic rings. The molecule has 6 atom stereocenters. The highest BCUT2D eigenvalue weighted by Gasteiger charge is 2.84. The topological polar surface area (TPSA) is 58.2 Å². The second kappa shape index (κ2) is 10.9. The fraction of sp³-hybridized carbons (Fsp3) is 0.576. The van der Waals surface area contributed by atoms with Crippen molar-refractivity contribution in [2.75, 3.05) is 10.6 Å². The normalized spacial score (nSPS) is 36.3. The molecule has 0 aromatic heterocycles. The zero-order chi connectivity index (χ0) is 31.4. The van der Waals surface area contributed by atoms with E-state index >= 15 is 0 Å². The molecule has 2 aromatic rings. The number of fused-ring (bicyclic) bond motifs is 2. The summed E-state index contributed by atoms with van der Waals surface area (Å²) in [5.41, 5.74) is 2.82. The molecule has 8 rings (SSSR count). The molecule has 2 amide bonds. The minimum Gasteiger partial charge on any atom is -0.326 e. The maximum Gasteiger partial charge on any atom is 0.232 e. The Morgan fingerprint density at radius 2 is 0.977 bits per heavy atom. The molecule has 6 unspecified atom stereocenters. The maximum absolute atomic E-state index is 13.6. The van der Waals surface area contributed by atoms with E-state index in [0.717, 1.165) is 54.6 Å². The Bertz CT molecular complexity index is 1350. The predicted octanol–water partition coefficient (Wildman–Crippen LogP) is 10.5. The Kier molecular flexibility index (Phi) is 8.40. The van der Waals surface area contributed by atoms with Crippen LogP contribution in [0.25, 0.3) is 0 Å². The van der Waals surface area contributed by atoms with Crippen molar-refractivity contribution in [2.24, 2.45) is 32.5 Å². The highest BCUT2D eigenvalue weighted by Crippen LogP contribution is 2.83. The van der Waals surface area contributed by atoms with Gasteiger partial charge in [-0.15, -0.1) is 0 Å². The van der Waals surface area contributed by atoms with Crippen molar-refractivity contribution in [1.29, 1.82) is 0 Å². The van der Waals surface area contributed by atoms with E-state index in [4.69, 9.17) is 0 Å². The largest absolute Gasteiger partial charge is 0.326 e. The minimum absolute atomic E-state index is 0.00310. The van der Waals surface area contributed by atoms with E-state index in [1.807, 2.05) is 24.3 Å². The zero-order valence-corrected chi connectivity index (χ0v) is 34.1. The summed E-state index contributed by atoms with van der Waals surface area (Å²) in [6, 6.07) is 16.3. The van der Waals surface area contributed by atoms with Crippen LogP contribution in [-0.4, -0.2) is 28.9 Å². The van der Waals surface area contributed by atoms with Crippen molar-refractivity contribution in [3.05, 3.63) is 59.7 Å². The Hall–Kier alpha value is 0.260. The number of rotatable bonds is 8. The Balaban J connectivity index is 1.07. The van der Waals surface area contributed by atoms with E-state index in [-0.39, 0.29) is 50.6 Å². The Labute approximate surface area is 305 Å². The van der Waals surface area contributed by atoms with Gasteiger partial charge in [0.15, 0.2) is 0 Å². The van der Waals surface area contributed by atoms with Crippen LogP contribution in [-0.2, 0) is 16.0 Å². The van der Waals surface area contributed by atoms with Crippen molar-refractivity contribution < 1.29 is 9.59 Å². The summed E-state index contributed by atoms with van der Waals surface area (Å²) in [5, 5.41) is 6.44. The summed E-state index contributed by atoms with van der Waals surface area (Å²) in [6.45, 7) is 8.89. The molecule has 2 aromatic carbocycles. The highest BCUT2D eigenvalue weighted by molar-refractivity contribution is 9.25. The SMILES string of the molecule is CC1(C)C2(C(=O)Nc3ccc(Cc4ccc(NC(=O)C56CCC(C(Br)Br)(C5Br)C6(C)C)cc4)cc3)CCC1(C(Br)Br)C2Br. The quantitative estimate of drug-likeness (QED) is 0.259. The van der Waals surface area contributed by atoms with Gasteiger partial charge in [0.1, 0.15) is 0 Å². The smallest absolute Gasteiger partial charge is 0.232 e. The summed E-state index contributed by atoms with van der Waals surface area (Å²) in [6.07, 6.45) is 4.50. The molecule has 6 fully saturated rings. The molecule has 10 heteroatoms. The number of benzene rings is 2. The van der Waals surface area contributed by atoms with E-state index in [2.05, 4.69) is 158 Å². The van der Waals surface area contributed by atoms with Crippen LogP contribution in [0.2, 0.25) is 0 Å². The molecule has 0 saturated heterocycles. The van der Waals surface area contributed by atoms with Crippen LogP contribution in [0.5, 0.6) is 0 Å². The summed E-state index contributed by atoms with van der Waals surface area (Å²) < 4.78 is 0.306. The monoisotopic (exact) mass is 966 g/mol. The van der Waals surface area contributed by atoms with Crippen molar-refractivity contribution in [3.63, 3.8) is 0 Å². The summed E-state index contributed by atoms with van der Waals surface area (Å²) >= 11 is 22.9. The molecule has 0 aliphatic heterocycles. The Morgan fingerprint density at radius 1 is 0.651 bits per heavy atom. The van der Waals surface area contributed by atoms with Gasteiger partial charge in [-0.05, 0) is 78.3 Å². The molecular formula is C33H36Br6N2O2. The van der Waals surface area contributed by atoms with Gasteiger partial charge in [-0.3, -0.25) is 9.59 Å². The lowest BCUT2D eigenvalue weighted by molar-refractivity contribution is -0.156. The fourth-order valence-corrected chi connectivity index (χ4v) is 19.4. The summed E-state index contributed by atoms with van der Waals surface area (Å²) in [7, 11) is 0. The highest BCUT2D eigenvalue weighted by atomic mass is 79.9. The van der Waals surface area contributed by atoms with Crippen LogP contribution in [0, 0.1) is 32.5 Å². The van der Waals surface area contributed by atoms with Gasteiger partial charge in [-0.1, -0.05) is 148 Å². The third-order valence-electron chi connectivity index (χ3n) is 12.6. The first-order valence-corrected chi connectivity index (χ1v) is 20.2. The Morgan fingerprint density at radius 3 is 1.23 bits per heavy atom. The van der Waals surface area contributed by atoms with Gasteiger partial charge in [-0.25, -0.2) is 0 Å². The molecule has 6 aliphatic carbocycles. The van der Waals surface area contributed by atoms with Crippen LogP contribution in [0.3, 0.4) is 0 Å². The van der Waals surface area contributed by atoms with E-state index in [1.165, 1.54) is 0 Å². The number of carbonyl (C=O) groups excluding carboxylic acids is 2. The number of nitrogens with one attached hydrogen (secondary N) is 2. The molecule has 6 saturated carbocycles. The standard InChI is InChI=1S/C33H36Br6N2O2/c1-28(2)30(24(36)37)13-15-32(28,22(30)34)26(42)40-20-9-5-18(6-10-20)17-19-7-11-21(12-8-19)41-27(43)33-16-14-31(23(33)35,25(38)39)29(33,3)4/h5-12,22-25H,13-17H2,1-4H3,(H,40,42)(H,41,43). The van der Waals surface area contributed by atoms with Gasteiger partial charge >= 0.3 is 0 Å². The molecule has 0 spiro atoms. The lowest BCUT2D eigenvalue weighted by Crippen LogP contribution is -2.71. The number of anilines is 2. The van der Waals surface area contributed by atoms with Gasteiger partial charge in [0.25, 0.3) is 0 Å². The molecule has 43 heavy (non-hydrogen) atoms. The van der Waals surface area contributed by atoms with E-state index < -0.39 is 10.8 Å². The van der Waals surface area contributed by atoms with Gasteiger partial charge in [-0.2, -0.15) is 0 Å². The lowest BCUT2D eigenvalue weighted by Gasteiger charge is -2.66. The molecule has 232 valence electrons. The molecule has 0 radical (unpaired) electrons. The second-order valence-electron chi connectivity index (χ2n) is 14.1. The van der Waals surface area contributed by atoms with Gasteiger partial charge in [0.05, 0.1) is 18.3 Å². The third-order valence-corrected chi connectivity index (χ3v) is 19.1. The number of carbonyl (C=O) groups is 2. The van der Waals surface area contributed by atoms with E-state index in [9.17, 15) is 9.59 Å². The first-order chi connectivity index (χ1) is 20.1. The van der Waals surface area contributed by atoms with Gasteiger partial charge < -0.3 is 10.6 Å². The summed E-state index contributed by atoms with van der Waals surface area (Å²) in [5.74, 6) is 0.189. The van der Waals surface area contributed by atoms with Crippen LogP contribution in [0.15, 0.2) is 48.5 Å². The van der Waals surface area contributed by atoms with Gasteiger partial charge in [0, 0.05) is 31.9 Å². The average Bonchev–Trinajstić information content (AvgIpc) is 3.62. The maximum atomic E-state index is 13.6. The number of amides is 2. The molecular weight excluding hydrogens is 936 g/mol. The van der Waals surface area contributed by atoms with Crippen LogP contribution in [0.4, 0.5) is 11.4 Å². The average molecular weight is 972 g/mol. The first kappa shape index (κ1) is 33.2.